The van der Waals surface area contributed by atoms with E-state index in [1.165, 1.54) is 5.56 Å². The summed E-state index contributed by atoms with van der Waals surface area (Å²) in [6.45, 7) is 0.557. The fourth-order valence-corrected chi connectivity index (χ4v) is 4.75. The molecule has 7 nitrogen and oxygen atoms in total. The predicted molar refractivity (Wildman–Crippen MR) is 128 cm³/mol. The van der Waals surface area contributed by atoms with Crippen molar-refractivity contribution in [1.29, 1.82) is 0 Å². The van der Waals surface area contributed by atoms with Gasteiger partial charge in [0.2, 0.25) is 5.75 Å². The maximum Gasteiger partial charge on any atom is 0.307 e. The molecule has 0 aliphatic heterocycles. The lowest BCUT2D eigenvalue weighted by Crippen LogP contribution is -2.19. The van der Waals surface area contributed by atoms with Crippen LogP contribution in [0.15, 0.2) is 47.4 Å². The van der Waals surface area contributed by atoms with Crippen LogP contribution >= 0.6 is 11.3 Å². The fourth-order valence-electron chi connectivity index (χ4n) is 4.05. The van der Waals surface area contributed by atoms with Gasteiger partial charge in [-0.25, -0.2) is 0 Å². The number of aryl methyl sites for hydroxylation is 1. The summed E-state index contributed by atoms with van der Waals surface area (Å²) in [6.07, 6.45) is 5.56. The van der Waals surface area contributed by atoms with E-state index in [9.17, 15) is 9.90 Å². The standard InChI is InChI=1S/C25H31NO6S/c1-30-21-12-20(13-22(31-2)25(21)32-3)24(29)19(6-4-5-17-8-10-33-16-17)15-26-9-7-18(14-26)11-23(27)28/h7-10,12-14,16,19,24,29H,4-6,11,15H2,1-3H3,(H,27,28)/t19-,24-/m0/s1. The van der Waals surface area contributed by atoms with E-state index >= 15 is 0 Å². The van der Waals surface area contributed by atoms with Crippen LogP contribution in [0.4, 0.5) is 0 Å². The average molecular weight is 474 g/mol. The molecule has 178 valence electrons. The third-order valence-corrected chi connectivity index (χ3v) is 6.44. The number of aliphatic carboxylic acids is 1. The van der Waals surface area contributed by atoms with E-state index in [4.69, 9.17) is 19.3 Å². The number of aliphatic hydroxyl groups is 1. The van der Waals surface area contributed by atoms with Crippen molar-refractivity contribution in [3.05, 3.63) is 64.1 Å². The van der Waals surface area contributed by atoms with Gasteiger partial charge in [-0.2, -0.15) is 11.3 Å². The van der Waals surface area contributed by atoms with Crippen LogP contribution in [-0.4, -0.2) is 42.1 Å². The van der Waals surface area contributed by atoms with Gasteiger partial charge in [0.25, 0.3) is 0 Å². The van der Waals surface area contributed by atoms with Crippen LogP contribution in [-0.2, 0) is 24.2 Å². The second-order valence-electron chi connectivity index (χ2n) is 7.97. The highest BCUT2D eigenvalue weighted by atomic mass is 32.1. The summed E-state index contributed by atoms with van der Waals surface area (Å²) in [7, 11) is 4.65. The monoisotopic (exact) mass is 473 g/mol. The number of hydrogen-bond acceptors (Lipinski definition) is 6. The van der Waals surface area contributed by atoms with Crippen LogP contribution in [0.25, 0.3) is 0 Å². The van der Waals surface area contributed by atoms with E-state index in [0.29, 0.717) is 29.4 Å². The van der Waals surface area contributed by atoms with Crippen molar-refractivity contribution in [2.75, 3.05) is 21.3 Å². The number of ether oxygens (including phenoxy) is 3. The molecule has 33 heavy (non-hydrogen) atoms. The van der Waals surface area contributed by atoms with Crippen molar-refractivity contribution in [1.82, 2.24) is 4.57 Å². The number of hydrogen-bond donors (Lipinski definition) is 2. The third-order valence-electron chi connectivity index (χ3n) is 5.71. The minimum atomic E-state index is -0.863. The summed E-state index contributed by atoms with van der Waals surface area (Å²) >= 11 is 1.68. The molecule has 2 N–H and O–H groups in total. The Labute approximate surface area is 198 Å². The quantitative estimate of drug-likeness (QED) is 0.378. The van der Waals surface area contributed by atoms with Crippen molar-refractivity contribution in [3.8, 4) is 17.2 Å². The fraction of sp³-hybridized carbons (Fsp3) is 0.400. The summed E-state index contributed by atoms with van der Waals surface area (Å²) < 4.78 is 18.3. The molecule has 0 fully saturated rings. The van der Waals surface area contributed by atoms with Crippen molar-refractivity contribution < 1.29 is 29.2 Å². The molecule has 0 saturated carbocycles. The Bertz CT molecular complexity index is 1000. The largest absolute Gasteiger partial charge is 0.493 e. The molecule has 0 bridgehead atoms. The topological polar surface area (TPSA) is 90.2 Å². The Balaban J connectivity index is 1.83. The zero-order valence-corrected chi connectivity index (χ0v) is 20.0. The smallest absolute Gasteiger partial charge is 0.307 e. The van der Waals surface area contributed by atoms with E-state index in [1.807, 2.05) is 23.0 Å². The highest BCUT2D eigenvalue weighted by Crippen LogP contribution is 2.41. The van der Waals surface area contributed by atoms with Crippen LogP contribution in [0.3, 0.4) is 0 Å². The first-order valence-corrected chi connectivity index (χ1v) is 11.7. The maximum absolute atomic E-state index is 11.4. The molecule has 0 unspecified atom stereocenters. The number of methoxy groups -OCH3 is 3. The molecule has 8 heteroatoms. The van der Waals surface area contributed by atoms with E-state index in [-0.39, 0.29) is 12.3 Å². The molecule has 0 aliphatic carbocycles. The average Bonchev–Trinajstić information content (AvgIpc) is 3.48. The van der Waals surface area contributed by atoms with Crippen molar-refractivity contribution >= 4 is 17.3 Å². The summed E-state index contributed by atoms with van der Waals surface area (Å²) in [5.41, 5.74) is 2.72. The number of carboxylic acid groups (broad SMARTS) is 1. The lowest BCUT2D eigenvalue weighted by atomic mass is 9.90. The summed E-state index contributed by atoms with van der Waals surface area (Å²) in [6, 6.07) is 7.49. The number of aromatic nitrogens is 1. The molecule has 3 aromatic rings. The van der Waals surface area contributed by atoms with Gasteiger partial charge in [0, 0.05) is 24.9 Å². The molecular weight excluding hydrogens is 442 g/mol. The number of nitrogens with zero attached hydrogens (tertiary/aromatic N) is 1. The minimum absolute atomic E-state index is 0.0226. The molecule has 0 aliphatic rings. The van der Waals surface area contributed by atoms with Gasteiger partial charge in [0.15, 0.2) is 11.5 Å². The van der Waals surface area contributed by atoms with Crippen LogP contribution in [0, 0.1) is 5.92 Å². The van der Waals surface area contributed by atoms with Crippen LogP contribution in [0.1, 0.15) is 35.6 Å². The Morgan fingerprint density at radius 2 is 1.82 bits per heavy atom. The number of aliphatic hydroxyl groups excluding tert-OH is 1. The SMILES string of the molecule is COc1cc([C@@H](O)[C@@H](CCCc2ccsc2)Cn2ccc(CC(=O)O)c2)cc(OC)c1OC. The number of rotatable bonds is 13. The van der Waals surface area contributed by atoms with Gasteiger partial charge in [0.05, 0.1) is 33.9 Å². The van der Waals surface area contributed by atoms with Gasteiger partial charge in [0.1, 0.15) is 0 Å². The minimum Gasteiger partial charge on any atom is -0.493 e. The Hall–Kier alpha value is -2.97. The molecule has 0 spiro atoms. The predicted octanol–water partition coefficient (Wildman–Crippen LogP) is 4.58. The van der Waals surface area contributed by atoms with Gasteiger partial charge in [-0.15, -0.1) is 0 Å². The Kier molecular flexibility index (Phi) is 8.79. The lowest BCUT2D eigenvalue weighted by molar-refractivity contribution is -0.136. The first-order chi connectivity index (χ1) is 15.9. The van der Waals surface area contributed by atoms with Crippen LogP contribution in [0.2, 0.25) is 0 Å². The summed E-state index contributed by atoms with van der Waals surface area (Å²) in [5, 5.41) is 24.7. The van der Waals surface area contributed by atoms with Crippen molar-refractivity contribution in [3.63, 3.8) is 0 Å². The molecule has 1 aromatic carbocycles. The zero-order valence-electron chi connectivity index (χ0n) is 19.2. The number of thiophene rings is 1. The Morgan fingerprint density at radius 1 is 1.09 bits per heavy atom. The van der Waals surface area contributed by atoms with E-state index in [2.05, 4.69) is 16.8 Å². The lowest BCUT2D eigenvalue weighted by Gasteiger charge is -2.25. The molecule has 0 saturated heterocycles. The van der Waals surface area contributed by atoms with Gasteiger partial charge in [-0.3, -0.25) is 4.79 Å². The molecule has 2 atom stereocenters. The highest BCUT2D eigenvalue weighted by molar-refractivity contribution is 7.07. The summed E-state index contributed by atoms with van der Waals surface area (Å²) in [5.74, 6) is 0.503. The van der Waals surface area contributed by atoms with Gasteiger partial charge in [-0.05, 0) is 71.0 Å². The molecule has 2 heterocycles. The molecule has 0 amide bonds. The number of benzene rings is 1. The number of carbonyl (C=O) groups is 1. The third kappa shape index (κ3) is 6.52. The number of carboxylic acids is 1. The first-order valence-electron chi connectivity index (χ1n) is 10.8. The first kappa shape index (κ1) is 24.7. The van der Waals surface area contributed by atoms with Gasteiger partial charge in [-0.1, -0.05) is 0 Å². The molecule has 2 aromatic heterocycles. The summed E-state index contributed by atoms with van der Waals surface area (Å²) in [4.78, 5) is 11.0. The second kappa shape index (κ2) is 11.8. The van der Waals surface area contributed by atoms with Crippen molar-refractivity contribution in [2.45, 2.75) is 38.3 Å². The maximum atomic E-state index is 11.4. The normalized spacial score (nSPS) is 12.8. The second-order valence-corrected chi connectivity index (χ2v) is 8.75. The molecule has 3 rings (SSSR count). The van der Waals surface area contributed by atoms with E-state index < -0.39 is 12.1 Å². The van der Waals surface area contributed by atoms with Crippen molar-refractivity contribution in [2.24, 2.45) is 5.92 Å². The highest BCUT2D eigenvalue weighted by Gasteiger charge is 2.25. The van der Waals surface area contributed by atoms with Gasteiger partial charge >= 0.3 is 5.97 Å². The van der Waals surface area contributed by atoms with E-state index in [1.54, 1.807) is 44.8 Å². The van der Waals surface area contributed by atoms with Gasteiger partial charge < -0.3 is 29.0 Å². The zero-order chi connectivity index (χ0) is 23.8. The van der Waals surface area contributed by atoms with Crippen LogP contribution in [0.5, 0.6) is 17.2 Å². The molecule has 0 radical (unpaired) electrons. The van der Waals surface area contributed by atoms with Crippen LogP contribution < -0.4 is 14.2 Å². The Morgan fingerprint density at radius 3 is 2.39 bits per heavy atom. The van der Waals surface area contributed by atoms with E-state index in [0.717, 1.165) is 24.8 Å². The molecular formula is C25H31NO6S.